The molecule has 10 heteroatoms. The Morgan fingerprint density at radius 1 is 0.538 bits per heavy atom. The van der Waals surface area contributed by atoms with Crippen LogP contribution in [-0.4, -0.2) is 46.4 Å². The van der Waals surface area contributed by atoms with Crippen molar-refractivity contribution in [2.75, 3.05) is 26.2 Å². The molecule has 2 atom stereocenters. The second kappa shape index (κ2) is 21.9. The van der Waals surface area contributed by atoms with Crippen molar-refractivity contribution in [2.24, 2.45) is 0 Å². The van der Waals surface area contributed by atoms with Crippen molar-refractivity contribution in [1.29, 1.82) is 0 Å². The number of nitrogens with zero attached hydrogens (tertiary/aromatic N) is 2. The lowest BCUT2D eigenvalue weighted by Crippen LogP contribution is -2.46. The fourth-order valence-electron chi connectivity index (χ4n) is 7.85. The van der Waals surface area contributed by atoms with Crippen molar-refractivity contribution < 1.29 is 27.4 Å². The van der Waals surface area contributed by atoms with E-state index < -0.39 is 31.2 Å². The molecule has 0 amide bonds. The minimum atomic E-state index is -4.06. The molecule has 0 aliphatic rings. The van der Waals surface area contributed by atoms with Crippen LogP contribution in [0.3, 0.4) is 0 Å². The van der Waals surface area contributed by atoms with E-state index in [1.807, 2.05) is 133 Å². The standard InChI is InChI=1S/C55H72N2O6P2/c1-17-25-45-39-47(31-33-49(45)60-55(15,16)64(58,57(37-21-5)38-22-6)62-51-41(7)27-23-28-42(51)8)53(11,12)48-32-34-50(46(40-48)26-18-2)61-65(59,54(13,14)56(35-19-3)36-20-4)63-52-43(9)29-24-30-44(52)10/h17-24,27-34,39-40H,1-6,25-26,35-38H2,7-16H3. The molecule has 8 nitrogen and oxygen atoms in total. The van der Waals surface area contributed by atoms with Crippen LogP contribution in [0.1, 0.15) is 86.1 Å². The van der Waals surface area contributed by atoms with Gasteiger partial charge in [-0.15, -0.1) is 39.5 Å². The van der Waals surface area contributed by atoms with E-state index in [-0.39, 0.29) is 0 Å². The second-order valence-corrected chi connectivity index (χ2v) is 23.3. The molecule has 0 bridgehead atoms. The van der Waals surface area contributed by atoms with Gasteiger partial charge in [-0.25, -0.2) is 9.24 Å². The van der Waals surface area contributed by atoms with Crippen LogP contribution in [0.25, 0.3) is 0 Å². The minimum Gasteiger partial charge on any atom is -0.475 e. The van der Waals surface area contributed by atoms with Crippen molar-refractivity contribution in [3.8, 4) is 23.0 Å². The van der Waals surface area contributed by atoms with Crippen LogP contribution in [-0.2, 0) is 27.4 Å². The topological polar surface area (TPSA) is 77.5 Å². The molecule has 0 heterocycles. The highest BCUT2D eigenvalue weighted by Gasteiger charge is 2.52. The van der Waals surface area contributed by atoms with Gasteiger partial charge in [-0.1, -0.05) is 111 Å². The summed E-state index contributed by atoms with van der Waals surface area (Å²) in [5.41, 5.74) is 6.61. The van der Waals surface area contributed by atoms with E-state index in [4.69, 9.17) is 18.3 Å². The van der Waals surface area contributed by atoms with Gasteiger partial charge in [0.05, 0.1) is 0 Å². The number of benzene rings is 4. The Hall–Kier alpha value is -5.10. The van der Waals surface area contributed by atoms with E-state index in [0.29, 0.717) is 62.0 Å². The number of aryl methyl sites for hydroxylation is 4. The van der Waals surface area contributed by atoms with Crippen molar-refractivity contribution in [1.82, 2.24) is 9.57 Å². The molecule has 4 aromatic carbocycles. The molecule has 0 saturated carbocycles. The summed E-state index contributed by atoms with van der Waals surface area (Å²) >= 11 is 0. The van der Waals surface area contributed by atoms with Gasteiger partial charge < -0.3 is 18.3 Å². The summed E-state index contributed by atoms with van der Waals surface area (Å²) in [6, 6.07) is 23.8. The second-order valence-electron chi connectivity index (χ2n) is 18.0. The Kier molecular flexibility index (Phi) is 17.7. The number of para-hydroxylation sites is 2. The maximum Gasteiger partial charge on any atom is 0.450 e. The molecule has 2 unspecified atom stereocenters. The van der Waals surface area contributed by atoms with E-state index in [0.717, 1.165) is 44.5 Å². The summed E-state index contributed by atoms with van der Waals surface area (Å²) < 4.78 is 59.8. The van der Waals surface area contributed by atoms with Gasteiger partial charge in [0.15, 0.2) is 0 Å². The molecule has 0 fully saturated rings. The van der Waals surface area contributed by atoms with Gasteiger partial charge in [-0.05, 0) is 125 Å². The summed E-state index contributed by atoms with van der Waals surface area (Å²) in [5.74, 6) is 2.09. The minimum absolute atomic E-state index is 0.295. The SMILES string of the molecule is C=CCc1cc(C(C)(C)c2ccc(OP(=O)(Oc3c(C)cccc3C)C(C)(C)N(CC=C)CC=C)c(CC=C)c2)ccc1OC(C)(C)P(=O)(Oc1c(C)cccc1C)N(CC=C)CC=C. The van der Waals surface area contributed by atoms with Crippen LogP contribution < -0.4 is 18.3 Å². The van der Waals surface area contributed by atoms with Gasteiger partial charge in [0.1, 0.15) is 28.3 Å². The lowest BCUT2D eigenvalue weighted by Gasteiger charge is -2.41. The Balaban J connectivity index is 1.81. The van der Waals surface area contributed by atoms with Gasteiger partial charge >= 0.3 is 15.1 Å². The summed E-state index contributed by atoms with van der Waals surface area (Å²) in [6.07, 6.45) is 11.6. The quantitative estimate of drug-likeness (QED) is 0.0455. The fourth-order valence-corrected chi connectivity index (χ4v) is 12.2. The predicted octanol–water partition coefficient (Wildman–Crippen LogP) is 14.8. The Bertz CT molecular complexity index is 2420. The smallest absolute Gasteiger partial charge is 0.450 e. The first-order chi connectivity index (χ1) is 30.6. The predicted molar refractivity (Wildman–Crippen MR) is 274 cm³/mol. The maximum atomic E-state index is 15.6. The third-order valence-electron chi connectivity index (χ3n) is 12.0. The monoisotopic (exact) mass is 918 g/mol. The molecular weight excluding hydrogens is 847 g/mol. The van der Waals surface area contributed by atoms with E-state index in [1.165, 1.54) is 0 Å². The van der Waals surface area contributed by atoms with Crippen LogP contribution in [0.15, 0.2) is 149 Å². The molecular formula is C55H72N2O6P2. The van der Waals surface area contributed by atoms with Gasteiger partial charge in [-0.2, -0.15) is 0 Å². The zero-order valence-electron chi connectivity index (χ0n) is 40.6. The molecule has 348 valence electrons. The molecule has 0 N–H and O–H groups in total. The summed E-state index contributed by atoms with van der Waals surface area (Å²) in [5, 5.41) is -2.44. The Labute approximate surface area is 391 Å². The normalized spacial score (nSPS) is 13.8. The third kappa shape index (κ3) is 11.5. The van der Waals surface area contributed by atoms with Crippen LogP contribution in [0.5, 0.6) is 23.0 Å². The summed E-state index contributed by atoms with van der Waals surface area (Å²) in [6.45, 7) is 44.9. The molecule has 0 aliphatic heterocycles. The van der Waals surface area contributed by atoms with Crippen LogP contribution >= 0.6 is 15.1 Å². The zero-order valence-corrected chi connectivity index (χ0v) is 42.4. The number of ether oxygens (including phenoxy) is 1. The molecule has 0 spiro atoms. The Morgan fingerprint density at radius 2 is 0.954 bits per heavy atom. The van der Waals surface area contributed by atoms with E-state index in [2.05, 4.69) is 65.5 Å². The highest BCUT2D eigenvalue weighted by molar-refractivity contribution is 7.58. The first kappa shape index (κ1) is 52.5. The van der Waals surface area contributed by atoms with E-state index in [1.54, 1.807) is 29.0 Å². The first-order valence-corrected chi connectivity index (χ1v) is 25.3. The number of hydrogen-bond donors (Lipinski definition) is 0. The van der Waals surface area contributed by atoms with Gasteiger partial charge in [0.25, 0.3) is 0 Å². The van der Waals surface area contributed by atoms with E-state index >= 15 is 9.13 Å². The van der Waals surface area contributed by atoms with Gasteiger partial charge in [0, 0.05) is 31.6 Å². The van der Waals surface area contributed by atoms with Crippen LogP contribution in [0.4, 0.5) is 0 Å². The average Bonchev–Trinajstić information content (AvgIpc) is 3.24. The highest BCUT2D eigenvalue weighted by Crippen LogP contribution is 2.63. The number of hydrogen-bond acceptors (Lipinski definition) is 7. The first-order valence-electron chi connectivity index (χ1n) is 22.1. The van der Waals surface area contributed by atoms with Crippen LogP contribution in [0.2, 0.25) is 0 Å². The third-order valence-corrected chi connectivity index (χ3v) is 17.4. The van der Waals surface area contributed by atoms with Gasteiger partial charge in [-0.3, -0.25) is 9.46 Å². The Morgan fingerprint density at radius 3 is 1.38 bits per heavy atom. The summed E-state index contributed by atoms with van der Waals surface area (Å²) in [7, 11) is -7.89. The number of allylic oxidation sites excluding steroid dienone is 2. The van der Waals surface area contributed by atoms with E-state index in [9.17, 15) is 0 Å². The highest BCUT2D eigenvalue weighted by atomic mass is 31.2. The molecule has 4 rings (SSSR count). The number of rotatable bonds is 26. The fraction of sp³-hybridized carbons (Fsp3) is 0.345. The molecule has 0 aliphatic carbocycles. The molecule has 65 heavy (non-hydrogen) atoms. The van der Waals surface area contributed by atoms with Crippen LogP contribution in [0, 0.1) is 27.7 Å². The van der Waals surface area contributed by atoms with Crippen molar-refractivity contribution >= 4 is 15.1 Å². The molecule has 4 aromatic rings. The van der Waals surface area contributed by atoms with Gasteiger partial charge in [0.2, 0.25) is 5.34 Å². The van der Waals surface area contributed by atoms with Crippen molar-refractivity contribution in [3.05, 3.63) is 193 Å². The average molecular weight is 919 g/mol. The largest absolute Gasteiger partial charge is 0.475 e. The molecule has 0 radical (unpaired) electrons. The molecule has 0 saturated heterocycles. The maximum absolute atomic E-state index is 15.6. The van der Waals surface area contributed by atoms with Crippen molar-refractivity contribution in [2.45, 2.75) is 98.1 Å². The molecule has 0 aromatic heterocycles. The summed E-state index contributed by atoms with van der Waals surface area (Å²) in [4.78, 5) is 2.00. The lowest BCUT2D eigenvalue weighted by molar-refractivity contribution is 0.159. The van der Waals surface area contributed by atoms with Crippen molar-refractivity contribution in [3.63, 3.8) is 0 Å². The lowest BCUT2D eigenvalue weighted by atomic mass is 9.77. The zero-order chi connectivity index (χ0) is 48.4.